The second-order valence-electron chi connectivity index (χ2n) is 6.27. The van der Waals surface area contributed by atoms with E-state index in [1.165, 1.54) is 17.1 Å². The molecule has 2 N–H and O–H groups in total. The molecule has 9 heteroatoms. The van der Waals surface area contributed by atoms with Gasteiger partial charge in [0.05, 0.1) is 22.7 Å². The smallest absolute Gasteiger partial charge is 0.241 e. The fraction of sp³-hybridized carbons (Fsp3) is 0.235. The standard InChI is InChI=1S/C17H17N5O3S/c1-11-8-13(6-7-15(11)22-10-18-20-21-22)26(24,25)19-17-14-5-3-2-4-12(14)9-16(17)23/h2-8,10,16-17,19,23H,9H2,1H3. The number of nitrogens with one attached hydrogen (secondary N) is 1. The first-order valence-corrected chi connectivity index (χ1v) is 9.56. The van der Waals surface area contributed by atoms with Crippen LogP contribution in [-0.4, -0.2) is 39.8 Å². The third-order valence-corrected chi connectivity index (χ3v) is 6.00. The van der Waals surface area contributed by atoms with E-state index in [-0.39, 0.29) is 4.90 Å². The number of hydrogen-bond donors (Lipinski definition) is 2. The van der Waals surface area contributed by atoms with Crippen LogP contribution in [0.15, 0.2) is 53.7 Å². The van der Waals surface area contributed by atoms with Gasteiger partial charge in [0.25, 0.3) is 0 Å². The Labute approximate surface area is 150 Å². The Hall–Kier alpha value is -2.62. The average molecular weight is 371 g/mol. The molecule has 1 heterocycles. The molecule has 2 aromatic carbocycles. The van der Waals surface area contributed by atoms with Crippen molar-refractivity contribution in [3.63, 3.8) is 0 Å². The van der Waals surface area contributed by atoms with Gasteiger partial charge in [0.2, 0.25) is 10.0 Å². The van der Waals surface area contributed by atoms with Gasteiger partial charge in [-0.1, -0.05) is 24.3 Å². The molecule has 2 atom stereocenters. The third-order valence-electron chi connectivity index (χ3n) is 4.56. The lowest BCUT2D eigenvalue weighted by Gasteiger charge is -2.18. The number of hydrogen-bond acceptors (Lipinski definition) is 6. The van der Waals surface area contributed by atoms with Gasteiger partial charge >= 0.3 is 0 Å². The number of aromatic nitrogens is 4. The molecule has 0 aliphatic heterocycles. The molecule has 1 aliphatic carbocycles. The second-order valence-corrected chi connectivity index (χ2v) is 7.99. The number of rotatable bonds is 4. The molecule has 4 rings (SSSR count). The molecule has 2 unspecified atom stereocenters. The van der Waals surface area contributed by atoms with E-state index in [0.29, 0.717) is 17.7 Å². The Bertz CT molecular complexity index is 1050. The zero-order chi connectivity index (χ0) is 18.3. The molecule has 0 radical (unpaired) electrons. The zero-order valence-electron chi connectivity index (χ0n) is 13.9. The molecular weight excluding hydrogens is 354 g/mol. The highest BCUT2D eigenvalue weighted by Gasteiger charge is 2.34. The van der Waals surface area contributed by atoms with Gasteiger partial charge in [0, 0.05) is 6.42 Å². The molecule has 26 heavy (non-hydrogen) atoms. The normalized spacial score (nSPS) is 19.5. The van der Waals surface area contributed by atoms with E-state index in [2.05, 4.69) is 20.2 Å². The Morgan fingerprint density at radius 1 is 1.23 bits per heavy atom. The molecule has 134 valence electrons. The highest BCUT2D eigenvalue weighted by atomic mass is 32.2. The maximum Gasteiger partial charge on any atom is 0.241 e. The van der Waals surface area contributed by atoms with Gasteiger partial charge in [-0.05, 0) is 52.2 Å². The number of aliphatic hydroxyl groups is 1. The van der Waals surface area contributed by atoms with Crippen LogP contribution < -0.4 is 4.72 Å². The van der Waals surface area contributed by atoms with E-state index in [0.717, 1.165) is 11.1 Å². The molecule has 3 aromatic rings. The quantitative estimate of drug-likeness (QED) is 0.705. The second kappa shape index (κ2) is 6.27. The number of nitrogens with zero attached hydrogens (tertiary/aromatic N) is 4. The number of aryl methyl sites for hydroxylation is 1. The van der Waals surface area contributed by atoms with Crippen LogP contribution in [0.5, 0.6) is 0 Å². The van der Waals surface area contributed by atoms with E-state index in [9.17, 15) is 13.5 Å². The maximum atomic E-state index is 12.8. The lowest BCUT2D eigenvalue weighted by atomic mass is 10.1. The first kappa shape index (κ1) is 16.8. The molecule has 1 aliphatic rings. The van der Waals surface area contributed by atoms with Crippen LogP contribution >= 0.6 is 0 Å². The van der Waals surface area contributed by atoms with Crippen molar-refractivity contribution in [2.75, 3.05) is 0 Å². The minimum atomic E-state index is -3.80. The van der Waals surface area contributed by atoms with Crippen molar-refractivity contribution in [3.05, 3.63) is 65.5 Å². The Kier molecular flexibility index (Phi) is 4.06. The predicted octanol–water partition coefficient (Wildman–Crippen LogP) is 0.907. The van der Waals surface area contributed by atoms with Crippen molar-refractivity contribution >= 4 is 10.0 Å². The van der Waals surface area contributed by atoms with Crippen molar-refractivity contribution in [3.8, 4) is 5.69 Å². The SMILES string of the molecule is Cc1cc(S(=O)(=O)NC2c3ccccc3CC2O)ccc1-n1cnnn1. The summed E-state index contributed by atoms with van der Waals surface area (Å²) in [4.78, 5) is 0.128. The summed E-state index contributed by atoms with van der Waals surface area (Å²) in [5.74, 6) is 0. The van der Waals surface area contributed by atoms with Crippen LogP contribution in [0.25, 0.3) is 5.69 Å². The molecular formula is C17H17N5O3S. The molecule has 0 saturated heterocycles. The molecule has 0 fully saturated rings. The van der Waals surface area contributed by atoms with Gasteiger partial charge in [-0.15, -0.1) is 5.10 Å². The number of aliphatic hydroxyl groups excluding tert-OH is 1. The number of fused-ring (bicyclic) bond motifs is 1. The molecule has 0 spiro atoms. The fourth-order valence-electron chi connectivity index (χ4n) is 3.27. The van der Waals surface area contributed by atoms with Crippen LogP contribution in [0.4, 0.5) is 0 Å². The van der Waals surface area contributed by atoms with Gasteiger partial charge in [-0.25, -0.2) is 17.8 Å². The summed E-state index contributed by atoms with van der Waals surface area (Å²) < 4.78 is 29.8. The van der Waals surface area contributed by atoms with E-state index in [1.54, 1.807) is 19.1 Å². The van der Waals surface area contributed by atoms with Crippen molar-refractivity contribution in [2.45, 2.75) is 30.4 Å². The largest absolute Gasteiger partial charge is 0.391 e. The number of benzene rings is 2. The fourth-order valence-corrected chi connectivity index (χ4v) is 4.61. The summed E-state index contributed by atoms with van der Waals surface area (Å²) in [5.41, 5.74) is 3.18. The van der Waals surface area contributed by atoms with Crippen molar-refractivity contribution < 1.29 is 13.5 Å². The molecule has 1 aromatic heterocycles. The monoisotopic (exact) mass is 371 g/mol. The zero-order valence-corrected chi connectivity index (χ0v) is 14.8. The Balaban J connectivity index is 1.64. The van der Waals surface area contributed by atoms with Gasteiger partial charge in [0.15, 0.2) is 0 Å². The topological polar surface area (TPSA) is 110 Å². The first-order valence-electron chi connectivity index (χ1n) is 8.08. The predicted molar refractivity (Wildman–Crippen MR) is 93.1 cm³/mol. The summed E-state index contributed by atoms with van der Waals surface area (Å²) in [6.45, 7) is 1.79. The van der Waals surface area contributed by atoms with Gasteiger partial charge in [-0.3, -0.25) is 0 Å². The minimum absolute atomic E-state index is 0.128. The van der Waals surface area contributed by atoms with Crippen LogP contribution in [0.1, 0.15) is 22.7 Å². The summed E-state index contributed by atoms with van der Waals surface area (Å²) in [7, 11) is -3.80. The average Bonchev–Trinajstić information content (AvgIpc) is 3.24. The van der Waals surface area contributed by atoms with Crippen molar-refractivity contribution in [2.24, 2.45) is 0 Å². The lowest BCUT2D eigenvalue weighted by molar-refractivity contribution is 0.151. The van der Waals surface area contributed by atoms with Crippen LogP contribution in [0, 0.1) is 6.92 Å². The van der Waals surface area contributed by atoms with Crippen molar-refractivity contribution in [1.29, 1.82) is 0 Å². The van der Waals surface area contributed by atoms with E-state index >= 15 is 0 Å². The van der Waals surface area contributed by atoms with E-state index < -0.39 is 22.2 Å². The van der Waals surface area contributed by atoms with Crippen LogP contribution in [-0.2, 0) is 16.4 Å². The van der Waals surface area contributed by atoms with Crippen LogP contribution in [0.3, 0.4) is 0 Å². The van der Waals surface area contributed by atoms with E-state index in [1.807, 2.05) is 24.3 Å². The molecule has 0 bridgehead atoms. The summed E-state index contributed by atoms with van der Waals surface area (Å²) in [6.07, 6.45) is 1.09. The summed E-state index contributed by atoms with van der Waals surface area (Å²) in [6, 6.07) is 11.5. The molecule has 0 saturated carbocycles. The van der Waals surface area contributed by atoms with E-state index in [4.69, 9.17) is 0 Å². The van der Waals surface area contributed by atoms with Gasteiger partial charge in [0.1, 0.15) is 6.33 Å². The van der Waals surface area contributed by atoms with Crippen molar-refractivity contribution in [1.82, 2.24) is 24.9 Å². The molecule has 8 nitrogen and oxygen atoms in total. The first-order chi connectivity index (χ1) is 12.5. The van der Waals surface area contributed by atoms with Gasteiger partial charge in [-0.2, -0.15) is 0 Å². The Morgan fingerprint density at radius 3 is 2.77 bits per heavy atom. The van der Waals surface area contributed by atoms with Crippen LogP contribution in [0.2, 0.25) is 0 Å². The maximum absolute atomic E-state index is 12.8. The number of tetrazole rings is 1. The third kappa shape index (κ3) is 2.90. The Morgan fingerprint density at radius 2 is 2.04 bits per heavy atom. The summed E-state index contributed by atoms with van der Waals surface area (Å²) in [5, 5.41) is 21.3. The van der Waals surface area contributed by atoms with Gasteiger partial charge < -0.3 is 5.11 Å². The minimum Gasteiger partial charge on any atom is -0.391 e. The highest BCUT2D eigenvalue weighted by molar-refractivity contribution is 7.89. The highest BCUT2D eigenvalue weighted by Crippen LogP contribution is 2.32. The molecule has 0 amide bonds. The summed E-state index contributed by atoms with van der Waals surface area (Å²) >= 11 is 0. The number of sulfonamides is 1. The lowest BCUT2D eigenvalue weighted by Crippen LogP contribution is -2.34.